The van der Waals surface area contributed by atoms with E-state index < -0.39 is 23.5 Å². The van der Waals surface area contributed by atoms with Gasteiger partial charge in [0.2, 0.25) is 0 Å². The van der Waals surface area contributed by atoms with Gasteiger partial charge >= 0.3 is 0 Å². The average Bonchev–Trinajstić information content (AvgIpc) is 3.08. The van der Waals surface area contributed by atoms with Crippen molar-refractivity contribution in [3.8, 4) is 0 Å². The largest absolute Gasteiger partial charge is 0.507 e. The van der Waals surface area contributed by atoms with E-state index in [1.807, 2.05) is 19.0 Å². The van der Waals surface area contributed by atoms with Crippen LogP contribution in [0.15, 0.2) is 29.8 Å². The Morgan fingerprint density at radius 3 is 2.37 bits per heavy atom. The Bertz CT molecular complexity index is 1010. The number of halogens is 1. The number of likely N-dealkylation sites (tertiary alicyclic amines) is 1. The van der Waals surface area contributed by atoms with Crippen LogP contribution < -0.4 is 0 Å². The zero-order valence-electron chi connectivity index (χ0n) is 17.9. The number of carbonyl (C=O) groups is 2. The zero-order chi connectivity index (χ0) is 22.2. The first-order valence-corrected chi connectivity index (χ1v) is 9.82. The van der Waals surface area contributed by atoms with Crippen molar-refractivity contribution >= 4 is 17.4 Å². The van der Waals surface area contributed by atoms with E-state index in [9.17, 15) is 19.1 Å². The second-order valence-electron chi connectivity index (χ2n) is 7.87. The first-order chi connectivity index (χ1) is 14.1. The van der Waals surface area contributed by atoms with Crippen LogP contribution >= 0.6 is 0 Å². The van der Waals surface area contributed by atoms with Crippen molar-refractivity contribution in [3.63, 3.8) is 0 Å². The van der Waals surface area contributed by atoms with Gasteiger partial charge in [-0.3, -0.25) is 14.3 Å². The van der Waals surface area contributed by atoms with Crippen molar-refractivity contribution in [3.05, 3.63) is 58.2 Å². The molecule has 1 fully saturated rings. The topological polar surface area (TPSA) is 78.7 Å². The summed E-state index contributed by atoms with van der Waals surface area (Å²) in [7, 11) is 5.61. The van der Waals surface area contributed by atoms with Crippen molar-refractivity contribution < 1.29 is 19.1 Å². The van der Waals surface area contributed by atoms with Gasteiger partial charge in [-0.05, 0) is 58.6 Å². The molecule has 0 saturated carbocycles. The second kappa shape index (κ2) is 8.39. The Balaban J connectivity index is 2.14. The Hall–Kier alpha value is -3.00. The number of ketones is 1. The van der Waals surface area contributed by atoms with Crippen LogP contribution in [0.3, 0.4) is 0 Å². The fourth-order valence-electron chi connectivity index (χ4n) is 3.91. The fraction of sp³-hybridized carbons (Fsp3) is 0.409. The van der Waals surface area contributed by atoms with Crippen LogP contribution in [0.5, 0.6) is 0 Å². The van der Waals surface area contributed by atoms with Gasteiger partial charge in [0.1, 0.15) is 11.6 Å². The summed E-state index contributed by atoms with van der Waals surface area (Å²) in [6.45, 7) is 4.60. The van der Waals surface area contributed by atoms with E-state index >= 15 is 0 Å². The predicted molar refractivity (Wildman–Crippen MR) is 111 cm³/mol. The van der Waals surface area contributed by atoms with Gasteiger partial charge in [0, 0.05) is 19.3 Å². The van der Waals surface area contributed by atoms with E-state index in [0.29, 0.717) is 35.5 Å². The standard InChI is InChI=1S/C22H27FN4O3/c1-13-17(14(2)26(5)24-13)20(28)18-19(15-7-9-16(23)10-8-15)27(22(30)21(18)29)12-6-11-25(3)4/h7-10,19,28H,6,11-12H2,1-5H3/b20-18+/t19-/m1/s1. The quantitative estimate of drug-likeness (QED) is 0.447. The molecule has 1 aromatic heterocycles. The van der Waals surface area contributed by atoms with Gasteiger partial charge in [0.15, 0.2) is 0 Å². The Morgan fingerprint density at radius 2 is 1.83 bits per heavy atom. The lowest BCUT2D eigenvalue weighted by Gasteiger charge is -2.26. The van der Waals surface area contributed by atoms with Crippen LogP contribution in [0.2, 0.25) is 0 Å². The van der Waals surface area contributed by atoms with Crippen LogP contribution in [0.1, 0.15) is 35.0 Å². The molecule has 1 aliphatic rings. The lowest BCUT2D eigenvalue weighted by atomic mass is 9.94. The van der Waals surface area contributed by atoms with Crippen molar-refractivity contribution in [1.82, 2.24) is 19.6 Å². The fourth-order valence-corrected chi connectivity index (χ4v) is 3.91. The molecule has 1 aromatic carbocycles. The number of benzene rings is 1. The number of nitrogens with zero attached hydrogens (tertiary/aromatic N) is 4. The number of carbonyl (C=O) groups excluding carboxylic acids is 2. The molecule has 160 valence electrons. The minimum atomic E-state index is -0.785. The predicted octanol–water partition coefficient (Wildman–Crippen LogP) is 2.55. The molecule has 30 heavy (non-hydrogen) atoms. The molecule has 0 aliphatic carbocycles. The molecule has 0 bridgehead atoms. The zero-order valence-corrected chi connectivity index (χ0v) is 17.9. The molecule has 2 heterocycles. The molecule has 1 N–H and O–H groups in total. The third-order valence-electron chi connectivity index (χ3n) is 5.48. The minimum Gasteiger partial charge on any atom is -0.507 e. The van der Waals surface area contributed by atoms with Crippen LogP contribution in [0, 0.1) is 19.7 Å². The van der Waals surface area contributed by atoms with Gasteiger partial charge in [-0.15, -0.1) is 0 Å². The molecular weight excluding hydrogens is 387 g/mol. The van der Waals surface area contributed by atoms with Gasteiger partial charge < -0.3 is 14.9 Å². The van der Waals surface area contributed by atoms with E-state index in [1.165, 1.54) is 17.0 Å². The van der Waals surface area contributed by atoms with E-state index in [0.717, 1.165) is 6.54 Å². The highest BCUT2D eigenvalue weighted by Gasteiger charge is 2.46. The number of rotatable bonds is 6. The molecule has 1 aliphatic heterocycles. The maximum Gasteiger partial charge on any atom is 0.295 e. The maximum atomic E-state index is 13.5. The van der Waals surface area contributed by atoms with E-state index in [2.05, 4.69) is 5.10 Å². The van der Waals surface area contributed by atoms with Crippen LogP contribution in [0.4, 0.5) is 4.39 Å². The van der Waals surface area contributed by atoms with Gasteiger partial charge in [0.25, 0.3) is 11.7 Å². The summed E-state index contributed by atoms with van der Waals surface area (Å²) in [5, 5.41) is 15.4. The lowest BCUT2D eigenvalue weighted by molar-refractivity contribution is -0.139. The molecule has 3 rings (SSSR count). The Kier molecular flexibility index (Phi) is 6.07. The van der Waals surface area contributed by atoms with Gasteiger partial charge in [-0.1, -0.05) is 12.1 Å². The molecular formula is C22H27FN4O3. The Labute approximate surface area is 175 Å². The number of hydrogen-bond donors (Lipinski definition) is 1. The summed E-state index contributed by atoms with van der Waals surface area (Å²) in [6, 6.07) is 4.88. The molecule has 7 nitrogen and oxygen atoms in total. The number of aryl methyl sites for hydroxylation is 2. The highest BCUT2D eigenvalue weighted by Crippen LogP contribution is 2.40. The number of aromatic nitrogens is 2. The van der Waals surface area contributed by atoms with Crippen LogP contribution in [0.25, 0.3) is 5.76 Å². The lowest BCUT2D eigenvalue weighted by Crippen LogP contribution is -2.32. The summed E-state index contributed by atoms with van der Waals surface area (Å²) in [5.74, 6) is -2.07. The molecule has 0 spiro atoms. The smallest absolute Gasteiger partial charge is 0.295 e. The average molecular weight is 414 g/mol. The van der Waals surface area contributed by atoms with E-state index in [4.69, 9.17) is 0 Å². The second-order valence-corrected chi connectivity index (χ2v) is 7.87. The van der Waals surface area contributed by atoms with E-state index in [1.54, 1.807) is 37.7 Å². The SMILES string of the molecule is Cc1nn(C)c(C)c1/C(O)=C1\C(=O)C(=O)N(CCCN(C)C)[C@@H]1c1ccc(F)cc1. The summed E-state index contributed by atoms with van der Waals surface area (Å²) >= 11 is 0. The molecule has 1 amide bonds. The van der Waals surface area contributed by atoms with Crippen molar-refractivity contribution in [2.45, 2.75) is 26.3 Å². The van der Waals surface area contributed by atoms with Crippen molar-refractivity contribution in [1.29, 1.82) is 0 Å². The first kappa shape index (κ1) is 21.7. The molecule has 1 saturated heterocycles. The number of amides is 1. The van der Waals surface area contributed by atoms with Crippen molar-refractivity contribution in [2.75, 3.05) is 27.2 Å². The van der Waals surface area contributed by atoms with Gasteiger partial charge in [-0.25, -0.2) is 4.39 Å². The summed E-state index contributed by atoms with van der Waals surface area (Å²) < 4.78 is 15.1. The van der Waals surface area contributed by atoms with Crippen LogP contribution in [-0.4, -0.2) is 63.6 Å². The monoisotopic (exact) mass is 414 g/mol. The van der Waals surface area contributed by atoms with E-state index in [-0.39, 0.29) is 11.3 Å². The summed E-state index contributed by atoms with van der Waals surface area (Å²) in [4.78, 5) is 29.3. The van der Waals surface area contributed by atoms with Gasteiger partial charge in [-0.2, -0.15) is 5.10 Å². The molecule has 0 radical (unpaired) electrons. The summed E-state index contributed by atoms with van der Waals surface area (Å²) in [5.41, 5.74) is 2.26. The normalized spacial score (nSPS) is 18.6. The number of hydrogen-bond acceptors (Lipinski definition) is 5. The molecule has 1 atom stereocenters. The molecule has 8 heteroatoms. The number of aliphatic hydroxyl groups is 1. The third kappa shape index (κ3) is 3.87. The van der Waals surface area contributed by atoms with Gasteiger partial charge in [0.05, 0.1) is 22.9 Å². The molecule has 0 unspecified atom stereocenters. The first-order valence-electron chi connectivity index (χ1n) is 9.82. The highest BCUT2D eigenvalue weighted by atomic mass is 19.1. The summed E-state index contributed by atoms with van der Waals surface area (Å²) in [6.07, 6.45) is 0.655. The number of aliphatic hydroxyl groups excluding tert-OH is 1. The third-order valence-corrected chi connectivity index (χ3v) is 5.48. The molecule has 2 aromatic rings. The maximum absolute atomic E-state index is 13.5. The van der Waals surface area contributed by atoms with Crippen LogP contribution in [-0.2, 0) is 16.6 Å². The Morgan fingerprint density at radius 1 is 1.20 bits per heavy atom. The minimum absolute atomic E-state index is 0.00987. The number of Topliss-reactive ketones (excluding diaryl/α,β-unsaturated/α-hetero) is 1. The highest BCUT2D eigenvalue weighted by molar-refractivity contribution is 6.46. The van der Waals surface area contributed by atoms with Crippen molar-refractivity contribution in [2.24, 2.45) is 7.05 Å².